The van der Waals surface area contributed by atoms with Gasteiger partial charge in [-0.3, -0.25) is 4.72 Å². The van der Waals surface area contributed by atoms with Crippen molar-refractivity contribution in [2.75, 3.05) is 29.8 Å². The number of halogens is 3. The van der Waals surface area contributed by atoms with Crippen molar-refractivity contribution in [2.24, 2.45) is 0 Å². The second kappa shape index (κ2) is 6.98. The summed E-state index contributed by atoms with van der Waals surface area (Å²) in [5.74, 6) is -2.57. The normalized spacial score (nSPS) is 17.7. The summed E-state index contributed by atoms with van der Waals surface area (Å²) in [5.41, 5.74) is 0.0974. The van der Waals surface area contributed by atoms with Gasteiger partial charge in [-0.25, -0.2) is 22.2 Å². The summed E-state index contributed by atoms with van der Waals surface area (Å²) < 4.78 is 59.3. The van der Waals surface area contributed by atoms with Crippen molar-refractivity contribution in [1.29, 1.82) is 0 Å². The van der Waals surface area contributed by atoms with Crippen LogP contribution in [0.1, 0.15) is 6.42 Å². The summed E-state index contributed by atoms with van der Waals surface area (Å²) in [6.07, 6.45) is 1.91. The average Bonchev–Trinajstić information content (AvgIpc) is 3.22. The molecule has 1 atom stereocenters. The predicted molar refractivity (Wildman–Crippen MR) is 91.8 cm³/mol. The van der Waals surface area contributed by atoms with Crippen LogP contribution in [0.2, 0.25) is 5.02 Å². The molecule has 0 aliphatic carbocycles. The Kier molecular flexibility index (Phi) is 5.09. The monoisotopic (exact) mass is 409 g/mol. The fourth-order valence-electron chi connectivity index (χ4n) is 2.62. The number of likely N-dealkylation sites (N-methyl/N-ethyl adjacent to an activating group) is 1. The molecule has 1 fully saturated rings. The van der Waals surface area contributed by atoms with E-state index in [9.17, 15) is 17.2 Å². The third-order valence-corrected chi connectivity index (χ3v) is 6.35. The van der Waals surface area contributed by atoms with Crippen LogP contribution in [0.25, 0.3) is 0 Å². The Morgan fingerprint density at radius 3 is 2.84 bits per heavy atom. The minimum Gasteiger partial charge on any atom is -0.369 e. The Labute approximate surface area is 152 Å². The molecular formula is C13H14ClF2N5O2S2. The molecule has 0 saturated carbocycles. The highest BCUT2D eigenvalue weighted by Gasteiger charge is 2.31. The van der Waals surface area contributed by atoms with Crippen molar-refractivity contribution < 1.29 is 17.2 Å². The van der Waals surface area contributed by atoms with E-state index in [1.807, 2.05) is 4.72 Å². The highest BCUT2D eigenvalue weighted by molar-refractivity contribution is 7.93. The van der Waals surface area contributed by atoms with Gasteiger partial charge in [-0.2, -0.15) is 4.37 Å². The van der Waals surface area contributed by atoms with Crippen LogP contribution >= 0.6 is 23.1 Å². The summed E-state index contributed by atoms with van der Waals surface area (Å²) in [4.78, 5) is 4.13. The summed E-state index contributed by atoms with van der Waals surface area (Å²) >= 11 is 6.75. The molecule has 12 heteroatoms. The number of hydrogen-bond acceptors (Lipinski definition) is 7. The highest BCUT2D eigenvalue weighted by Crippen LogP contribution is 2.36. The molecular weight excluding hydrogens is 396 g/mol. The maximum atomic E-state index is 14.6. The van der Waals surface area contributed by atoms with Crippen LogP contribution in [0.5, 0.6) is 0 Å². The number of aromatic nitrogens is 2. The van der Waals surface area contributed by atoms with Crippen molar-refractivity contribution in [1.82, 2.24) is 14.7 Å². The number of hydrogen-bond donors (Lipinski definition) is 2. The topological polar surface area (TPSA) is 87.2 Å². The SMILES string of the molecule is CN(c1cc(F)c(S(=O)(=O)Nc2ncns2)c(F)c1Cl)[C@H]1CCNC1. The van der Waals surface area contributed by atoms with Crippen LogP contribution < -0.4 is 14.9 Å². The van der Waals surface area contributed by atoms with Crippen molar-refractivity contribution >= 4 is 44.0 Å². The lowest BCUT2D eigenvalue weighted by molar-refractivity contribution is 0.520. The minimum atomic E-state index is -4.54. The smallest absolute Gasteiger partial charge is 0.269 e. The number of sulfonamides is 1. The highest BCUT2D eigenvalue weighted by atomic mass is 35.5. The Hall–Kier alpha value is -1.56. The van der Waals surface area contributed by atoms with Crippen LogP contribution in [-0.4, -0.2) is 44.0 Å². The molecule has 25 heavy (non-hydrogen) atoms. The molecule has 7 nitrogen and oxygen atoms in total. The van der Waals surface area contributed by atoms with Crippen molar-refractivity contribution in [3.05, 3.63) is 29.1 Å². The van der Waals surface area contributed by atoms with E-state index in [-0.39, 0.29) is 16.9 Å². The van der Waals surface area contributed by atoms with Gasteiger partial charge in [0.1, 0.15) is 17.2 Å². The lowest BCUT2D eigenvalue weighted by atomic mass is 10.2. The Morgan fingerprint density at radius 1 is 1.48 bits per heavy atom. The molecule has 1 aliphatic rings. The second-order valence-electron chi connectivity index (χ2n) is 5.44. The van der Waals surface area contributed by atoms with Crippen LogP contribution in [0.15, 0.2) is 17.3 Å². The molecule has 1 aliphatic heterocycles. The summed E-state index contributed by atoms with van der Waals surface area (Å²) in [5, 5.41) is 2.59. The summed E-state index contributed by atoms with van der Waals surface area (Å²) in [6.45, 7) is 1.44. The zero-order valence-corrected chi connectivity index (χ0v) is 15.4. The van der Waals surface area contributed by atoms with Gasteiger partial charge in [0, 0.05) is 37.2 Å². The standard InChI is InChI=1S/C13H14ClF2N5O2S2/c1-21(7-2-3-17-5-7)9-4-8(15)12(11(16)10(9)14)25(22,23)20-13-18-6-19-24-13/h4,6-7,17H,2-3,5H2,1H3,(H,18,19,20)/t7-/m0/s1. The molecule has 2 N–H and O–H groups in total. The second-order valence-corrected chi connectivity index (χ2v) is 8.22. The van der Waals surface area contributed by atoms with Crippen LogP contribution in [0.3, 0.4) is 0 Å². The molecule has 1 aromatic carbocycles. The number of benzene rings is 1. The Bertz CT molecular complexity index is 873. The molecule has 0 bridgehead atoms. The van der Waals surface area contributed by atoms with E-state index in [0.717, 1.165) is 36.9 Å². The van der Waals surface area contributed by atoms with Gasteiger partial charge in [-0.05, 0) is 13.0 Å². The number of anilines is 2. The van der Waals surface area contributed by atoms with Crippen LogP contribution in [0.4, 0.5) is 19.6 Å². The molecule has 0 spiro atoms. The van der Waals surface area contributed by atoms with E-state index >= 15 is 0 Å². The van der Waals surface area contributed by atoms with Gasteiger partial charge in [-0.15, -0.1) is 0 Å². The van der Waals surface area contributed by atoms with Crippen LogP contribution in [-0.2, 0) is 10.0 Å². The van der Waals surface area contributed by atoms with E-state index < -0.39 is 31.6 Å². The number of rotatable bonds is 5. The number of nitrogens with one attached hydrogen (secondary N) is 2. The Morgan fingerprint density at radius 2 is 2.24 bits per heavy atom. The molecule has 0 radical (unpaired) electrons. The maximum Gasteiger partial charge on any atom is 0.269 e. The first kappa shape index (κ1) is 18.2. The van der Waals surface area contributed by atoms with Gasteiger partial charge < -0.3 is 10.2 Å². The first-order valence-corrected chi connectivity index (χ1v) is 9.85. The van der Waals surface area contributed by atoms with E-state index in [1.165, 1.54) is 0 Å². The summed E-state index contributed by atoms with van der Waals surface area (Å²) in [7, 11) is -2.88. The molecule has 1 aromatic heterocycles. The molecule has 0 amide bonds. The average molecular weight is 410 g/mol. The largest absolute Gasteiger partial charge is 0.369 e. The first-order valence-electron chi connectivity index (χ1n) is 7.22. The quantitative estimate of drug-likeness (QED) is 0.735. The van der Waals surface area contributed by atoms with Gasteiger partial charge in [-0.1, -0.05) is 11.6 Å². The Balaban J connectivity index is 2.00. The van der Waals surface area contributed by atoms with Crippen molar-refractivity contribution in [3.63, 3.8) is 0 Å². The summed E-state index contributed by atoms with van der Waals surface area (Å²) in [6, 6.07) is 0.941. The third kappa shape index (κ3) is 3.54. The molecule has 2 heterocycles. The van der Waals surface area contributed by atoms with Gasteiger partial charge in [0.25, 0.3) is 10.0 Å². The molecule has 1 saturated heterocycles. The van der Waals surface area contributed by atoms with Gasteiger partial charge in [0.2, 0.25) is 5.13 Å². The first-order chi connectivity index (χ1) is 11.8. The van der Waals surface area contributed by atoms with E-state index in [2.05, 4.69) is 14.7 Å². The predicted octanol–water partition coefficient (Wildman–Crippen LogP) is 2.07. The van der Waals surface area contributed by atoms with E-state index in [0.29, 0.717) is 6.54 Å². The maximum absolute atomic E-state index is 14.6. The lowest BCUT2D eigenvalue weighted by Crippen LogP contribution is -2.34. The minimum absolute atomic E-state index is 0.0123. The van der Waals surface area contributed by atoms with Crippen molar-refractivity contribution in [3.8, 4) is 0 Å². The zero-order valence-electron chi connectivity index (χ0n) is 13.0. The fourth-order valence-corrected chi connectivity index (χ4v) is 4.76. The van der Waals surface area contributed by atoms with E-state index in [4.69, 9.17) is 11.6 Å². The molecule has 2 aromatic rings. The zero-order chi connectivity index (χ0) is 18.2. The van der Waals surface area contributed by atoms with Crippen LogP contribution in [0, 0.1) is 11.6 Å². The van der Waals surface area contributed by atoms with Gasteiger partial charge >= 0.3 is 0 Å². The molecule has 0 unspecified atom stereocenters. The molecule has 136 valence electrons. The fraction of sp³-hybridized carbons (Fsp3) is 0.385. The number of nitrogens with zero attached hydrogens (tertiary/aromatic N) is 3. The molecule has 3 rings (SSSR count). The van der Waals surface area contributed by atoms with Gasteiger partial charge in [0.15, 0.2) is 10.7 Å². The van der Waals surface area contributed by atoms with Crippen molar-refractivity contribution in [2.45, 2.75) is 17.4 Å². The lowest BCUT2D eigenvalue weighted by Gasteiger charge is -2.27. The van der Waals surface area contributed by atoms with Gasteiger partial charge in [0.05, 0.1) is 5.69 Å². The third-order valence-electron chi connectivity index (χ3n) is 3.91. The van der Waals surface area contributed by atoms with E-state index in [1.54, 1.807) is 11.9 Å².